The Kier molecular flexibility index (Phi) is 8.22. The van der Waals surface area contributed by atoms with Gasteiger partial charge in [-0.25, -0.2) is 0 Å². The first-order valence-corrected chi connectivity index (χ1v) is 13.3. The van der Waals surface area contributed by atoms with Crippen LogP contribution in [-0.2, 0) is 6.42 Å². The third-order valence-corrected chi connectivity index (χ3v) is 6.40. The van der Waals surface area contributed by atoms with Crippen molar-refractivity contribution >= 4 is 45.5 Å². The van der Waals surface area contributed by atoms with E-state index in [9.17, 15) is 0 Å². The minimum atomic E-state index is 0.925. The lowest BCUT2D eigenvalue weighted by Crippen LogP contribution is -2.08. The molecule has 0 fully saturated rings. The highest BCUT2D eigenvalue weighted by Crippen LogP contribution is 2.44. The molecule has 5 aromatic carbocycles. The zero-order valence-electron chi connectivity index (χ0n) is 21.7. The third kappa shape index (κ3) is 6.34. The maximum atomic E-state index is 3.76. The largest absolute Gasteiger partial charge is 0.354 e. The molecule has 0 unspecified atom stereocenters. The summed E-state index contributed by atoms with van der Waals surface area (Å²) in [5, 5.41) is 14.9. The second kappa shape index (κ2) is 12.5. The van der Waals surface area contributed by atoms with Crippen molar-refractivity contribution in [1.82, 2.24) is 0 Å². The summed E-state index contributed by atoms with van der Waals surface area (Å²) >= 11 is 0. The Morgan fingerprint density at radius 1 is 0.447 bits per heavy atom. The number of anilines is 8. The molecule has 0 saturated heterocycles. The molecule has 4 N–H and O–H groups in total. The molecule has 0 amide bonds. The van der Waals surface area contributed by atoms with Crippen molar-refractivity contribution in [3.8, 4) is 0 Å². The highest BCUT2D eigenvalue weighted by Gasteiger charge is 2.20. The van der Waals surface area contributed by atoms with Crippen LogP contribution in [0.1, 0.15) is 25.3 Å². The van der Waals surface area contributed by atoms with E-state index in [1.807, 2.05) is 24.3 Å². The summed E-state index contributed by atoms with van der Waals surface area (Å²) < 4.78 is 0. The standard InChI is InChI=1S/C34H34N4/c1-2-3-24-30-33(37-28-20-12-6-13-21-28)31(35-26-16-8-4-9-17-26)25-32(36-27-18-10-5-11-19-27)34(30)38-29-22-14-7-15-23-29/h4-23,25,35-38H,2-3,24H2,1H3. The van der Waals surface area contributed by atoms with E-state index >= 15 is 0 Å². The quantitative estimate of drug-likeness (QED) is 0.146. The molecule has 5 aromatic rings. The first-order valence-electron chi connectivity index (χ1n) is 13.3. The average molecular weight is 499 g/mol. The summed E-state index contributed by atoms with van der Waals surface area (Å²) in [5.41, 5.74) is 9.60. The van der Waals surface area contributed by atoms with Gasteiger partial charge in [0.1, 0.15) is 0 Å². The highest BCUT2D eigenvalue weighted by atomic mass is 15.0. The zero-order chi connectivity index (χ0) is 26.0. The lowest BCUT2D eigenvalue weighted by molar-refractivity contribution is 0.797. The van der Waals surface area contributed by atoms with Gasteiger partial charge < -0.3 is 21.3 Å². The molecule has 0 aliphatic heterocycles. The van der Waals surface area contributed by atoms with Gasteiger partial charge in [-0.2, -0.15) is 0 Å². The second-order valence-electron chi connectivity index (χ2n) is 9.27. The van der Waals surface area contributed by atoms with Crippen molar-refractivity contribution in [1.29, 1.82) is 0 Å². The van der Waals surface area contributed by atoms with Gasteiger partial charge in [0, 0.05) is 28.3 Å². The minimum Gasteiger partial charge on any atom is -0.354 e. The van der Waals surface area contributed by atoms with E-state index < -0.39 is 0 Å². The monoisotopic (exact) mass is 498 g/mol. The summed E-state index contributed by atoms with van der Waals surface area (Å²) in [6.07, 6.45) is 3.11. The molecule has 0 aliphatic carbocycles. The van der Waals surface area contributed by atoms with Crippen molar-refractivity contribution in [3.63, 3.8) is 0 Å². The number of unbranched alkanes of at least 4 members (excludes halogenated alkanes) is 1. The molecule has 0 atom stereocenters. The summed E-state index contributed by atoms with van der Waals surface area (Å²) in [5.74, 6) is 0. The SMILES string of the molecule is CCCCc1c(Nc2ccccc2)c(Nc2ccccc2)cc(Nc2ccccc2)c1Nc1ccccc1. The molecule has 0 saturated carbocycles. The molecule has 0 heterocycles. The summed E-state index contributed by atoms with van der Waals surface area (Å²) in [4.78, 5) is 0. The van der Waals surface area contributed by atoms with Crippen molar-refractivity contribution < 1.29 is 0 Å². The van der Waals surface area contributed by atoms with Gasteiger partial charge in [0.25, 0.3) is 0 Å². The van der Waals surface area contributed by atoms with Crippen molar-refractivity contribution in [2.45, 2.75) is 26.2 Å². The number of benzene rings is 5. The smallest absolute Gasteiger partial charge is 0.0678 e. The van der Waals surface area contributed by atoms with Gasteiger partial charge in [0.15, 0.2) is 0 Å². The first kappa shape index (κ1) is 25.0. The van der Waals surface area contributed by atoms with Crippen LogP contribution in [0.2, 0.25) is 0 Å². The fourth-order valence-electron chi connectivity index (χ4n) is 4.51. The van der Waals surface area contributed by atoms with Crippen LogP contribution in [0.4, 0.5) is 45.5 Å². The van der Waals surface area contributed by atoms with E-state index in [-0.39, 0.29) is 0 Å². The summed E-state index contributed by atoms with van der Waals surface area (Å²) in [6, 6.07) is 43.6. The molecule has 0 spiro atoms. The molecular weight excluding hydrogens is 464 g/mol. The number of para-hydroxylation sites is 4. The predicted octanol–water partition coefficient (Wildman–Crippen LogP) is 10.0. The fourth-order valence-corrected chi connectivity index (χ4v) is 4.51. The number of nitrogens with one attached hydrogen (secondary N) is 4. The number of hydrogen-bond acceptors (Lipinski definition) is 4. The Morgan fingerprint density at radius 2 is 0.789 bits per heavy atom. The maximum absolute atomic E-state index is 3.76. The molecule has 0 aromatic heterocycles. The average Bonchev–Trinajstić information content (AvgIpc) is 2.97. The maximum Gasteiger partial charge on any atom is 0.0678 e. The lowest BCUT2D eigenvalue weighted by Gasteiger charge is -2.25. The summed E-state index contributed by atoms with van der Waals surface area (Å²) in [6.45, 7) is 2.24. The summed E-state index contributed by atoms with van der Waals surface area (Å²) in [7, 11) is 0. The first-order chi connectivity index (χ1) is 18.8. The Morgan fingerprint density at radius 3 is 1.13 bits per heavy atom. The Hall–Kier alpha value is -4.70. The van der Waals surface area contributed by atoms with Crippen molar-refractivity contribution in [3.05, 3.63) is 133 Å². The highest BCUT2D eigenvalue weighted by molar-refractivity contribution is 5.94. The van der Waals surface area contributed by atoms with E-state index in [0.29, 0.717) is 0 Å². The molecular formula is C34H34N4. The van der Waals surface area contributed by atoms with Crippen LogP contribution in [0.5, 0.6) is 0 Å². The Labute approximate surface area is 225 Å². The van der Waals surface area contributed by atoms with Crippen molar-refractivity contribution in [2.75, 3.05) is 21.3 Å². The molecule has 190 valence electrons. The van der Waals surface area contributed by atoms with E-state index in [4.69, 9.17) is 0 Å². The van der Waals surface area contributed by atoms with Crippen LogP contribution in [0.15, 0.2) is 127 Å². The number of rotatable bonds is 11. The van der Waals surface area contributed by atoms with E-state index in [0.717, 1.165) is 64.8 Å². The van der Waals surface area contributed by atoms with Crippen LogP contribution in [-0.4, -0.2) is 0 Å². The van der Waals surface area contributed by atoms with Crippen LogP contribution in [0.3, 0.4) is 0 Å². The van der Waals surface area contributed by atoms with Gasteiger partial charge in [0.05, 0.1) is 22.7 Å². The van der Waals surface area contributed by atoms with Gasteiger partial charge >= 0.3 is 0 Å². The normalized spacial score (nSPS) is 10.6. The van der Waals surface area contributed by atoms with Gasteiger partial charge in [-0.1, -0.05) is 86.1 Å². The molecule has 38 heavy (non-hydrogen) atoms. The van der Waals surface area contributed by atoms with E-state index in [2.05, 4.69) is 131 Å². The minimum absolute atomic E-state index is 0.925. The van der Waals surface area contributed by atoms with Crippen LogP contribution >= 0.6 is 0 Å². The van der Waals surface area contributed by atoms with Gasteiger partial charge in [-0.05, 0) is 67.4 Å². The topological polar surface area (TPSA) is 48.1 Å². The fraction of sp³-hybridized carbons (Fsp3) is 0.118. The molecule has 0 bridgehead atoms. The van der Waals surface area contributed by atoms with Crippen LogP contribution in [0.25, 0.3) is 0 Å². The lowest BCUT2D eigenvalue weighted by atomic mass is 9.99. The van der Waals surface area contributed by atoms with Gasteiger partial charge in [-0.3, -0.25) is 0 Å². The molecule has 4 nitrogen and oxygen atoms in total. The Bertz CT molecular complexity index is 1310. The predicted molar refractivity (Wildman–Crippen MR) is 164 cm³/mol. The van der Waals surface area contributed by atoms with E-state index in [1.165, 1.54) is 5.56 Å². The van der Waals surface area contributed by atoms with Crippen LogP contribution in [0, 0.1) is 0 Å². The van der Waals surface area contributed by atoms with Crippen LogP contribution < -0.4 is 21.3 Å². The second-order valence-corrected chi connectivity index (χ2v) is 9.27. The van der Waals surface area contributed by atoms with Gasteiger partial charge in [0.2, 0.25) is 0 Å². The third-order valence-electron chi connectivity index (χ3n) is 6.40. The molecule has 4 heteroatoms. The molecule has 0 aliphatic rings. The number of hydrogen-bond donors (Lipinski definition) is 4. The van der Waals surface area contributed by atoms with Crippen molar-refractivity contribution in [2.24, 2.45) is 0 Å². The zero-order valence-corrected chi connectivity index (χ0v) is 21.7. The Balaban J connectivity index is 1.70. The molecule has 0 radical (unpaired) electrons. The molecule has 5 rings (SSSR count). The van der Waals surface area contributed by atoms with E-state index in [1.54, 1.807) is 0 Å². The van der Waals surface area contributed by atoms with Gasteiger partial charge in [-0.15, -0.1) is 0 Å².